The van der Waals surface area contributed by atoms with Gasteiger partial charge in [0, 0.05) is 11.1 Å². The maximum Gasteiger partial charge on any atom is 0.209 e. The molecule has 1 saturated heterocycles. The highest BCUT2D eigenvalue weighted by atomic mass is 35.5. The molecule has 160 valence electrons. The van der Waals surface area contributed by atoms with Crippen molar-refractivity contribution in [3.8, 4) is 16.9 Å². The Morgan fingerprint density at radius 3 is 2.40 bits per heavy atom. The van der Waals surface area contributed by atoms with E-state index in [2.05, 4.69) is 15.8 Å². The number of halogens is 2. The standard InChI is InChI=1S/C20H23Cl2N5O3/c1-19(2)29-10-14(30-19)9-28-13-5-3-11(4-6-13)17-15(21)7-12(8-16(17)22)20(24)25-18(23)26-27-20/h3-8,14,27H,9-10,24H2,1-2H3,(H3,23,25,26). The van der Waals surface area contributed by atoms with Crippen molar-refractivity contribution in [2.24, 2.45) is 16.5 Å². The van der Waals surface area contributed by atoms with Crippen LogP contribution in [0.3, 0.4) is 0 Å². The second kappa shape index (κ2) is 7.88. The van der Waals surface area contributed by atoms with Crippen molar-refractivity contribution in [1.82, 2.24) is 10.9 Å². The average molecular weight is 452 g/mol. The van der Waals surface area contributed by atoms with Crippen LogP contribution in [-0.4, -0.2) is 31.1 Å². The highest BCUT2D eigenvalue weighted by Gasteiger charge is 2.34. The number of hydrogen-bond acceptors (Lipinski definition) is 8. The van der Waals surface area contributed by atoms with E-state index in [1.54, 1.807) is 12.1 Å². The third-order valence-electron chi connectivity index (χ3n) is 4.81. The minimum absolute atomic E-state index is 0.102. The van der Waals surface area contributed by atoms with Crippen LogP contribution in [0, 0.1) is 0 Å². The predicted octanol–water partition coefficient (Wildman–Crippen LogP) is 2.68. The van der Waals surface area contributed by atoms with Gasteiger partial charge in [-0.2, -0.15) is 5.43 Å². The molecular formula is C20H23Cl2N5O3. The zero-order chi connectivity index (χ0) is 21.5. The normalized spacial score (nSPS) is 25.1. The fraction of sp³-hybridized carbons (Fsp3) is 0.350. The van der Waals surface area contributed by atoms with Gasteiger partial charge in [-0.1, -0.05) is 35.3 Å². The van der Waals surface area contributed by atoms with Crippen molar-refractivity contribution in [3.63, 3.8) is 0 Å². The van der Waals surface area contributed by atoms with E-state index in [1.807, 2.05) is 38.1 Å². The summed E-state index contributed by atoms with van der Waals surface area (Å²) in [5.41, 5.74) is 19.5. The van der Waals surface area contributed by atoms with Gasteiger partial charge < -0.3 is 19.9 Å². The summed E-state index contributed by atoms with van der Waals surface area (Å²) in [6.45, 7) is 4.68. The van der Waals surface area contributed by atoms with Gasteiger partial charge in [-0.3, -0.25) is 11.2 Å². The summed E-state index contributed by atoms with van der Waals surface area (Å²) in [6, 6.07) is 10.9. The molecule has 30 heavy (non-hydrogen) atoms. The molecule has 2 aromatic rings. The lowest BCUT2D eigenvalue weighted by atomic mass is 10.0. The van der Waals surface area contributed by atoms with Crippen LogP contribution in [0.4, 0.5) is 0 Å². The molecule has 2 aliphatic rings. The van der Waals surface area contributed by atoms with E-state index in [0.29, 0.717) is 40.1 Å². The highest BCUT2D eigenvalue weighted by Crippen LogP contribution is 2.38. The Morgan fingerprint density at radius 2 is 1.87 bits per heavy atom. The van der Waals surface area contributed by atoms with E-state index < -0.39 is 11.6 Å². The number of ether oxygens (including phenoxy) is 3. The van der Waals surface area contributed by atoms with E-state index in [9.17, 15) is 0 Å². The first-order chi connectivity index (χ1) is 14.2. The quantitative estimate of drug-likeness (QED) is 0.551. The fourth-order valence-corrected chi connectivity index (χ4v) is 4.07. The molecule has 0 aromatic heterocycles. The molecule has 8 nitrogen and oxygen atoms in total. The van der Waals surface area contributed by atoms with E-state index in [4.69, 9.17) is 48.9 Å². The van der Waals surface area contributed by atoms with Gasteiger partial charge >= 0.3 is 0 Å². The lowest BCUT2D eigenvalue weighted by molar-refractivity contribution is -0.141. The second-order valence-electron chi connectivity index (χ2n) is 7.61. The maximum atomic E-state index is 6.53. The largest absolute Gasteiger partial charge is 0.491 e. The summed E-state index contributed by atoms with van der Waals surface area (Å²) in [4.78, 5) is 4.15. The maximum absolute atomic E-state index is 6.53. The van der Waals surface area contributed by atoms with Crippen LogP contribution >= 0.6 is 23.2 Å². The van der Waals surface area contributed by atoms with E-state index >= 15 is 0 Å². The van der Waals surface area contributed by atoms with Crippen LogP contribution in [0.2, 0.25) is 10.0 Å². The number of nitrogens with two attached hydrogens (primary N) is 2. The van der Waals surface area contributed by atoms with Crippen molar-refractivity contribution < 1.29 is 14.2 Å². The van der Waals surface area contributed by atoms with Gasteiger partial charge in [0.2, 0.25) is 11.7 Å². The Labute approximate surface area is 184 Å². The molecule has 2 heterocycles. The number of aliphatic imine (C=N–C) groups is 1. The number of nitrogens with zero attached hydrogens (tertiary/aromatic N) is 1. The number of rotatable bonds is 5. The molecule has 0 radical (unpaired) electrons. The molecule has 2 atom stereocenters. The topological polar surface area (TPSA) is 116 Å². The number of benzene rings is 2. The van der Waals surface area contributed by atoms with Crippen LogP contribution in [0.15, 0.2) is 41.4 Å². The highest BCUT2D eigenvalue weighted by molar-refractivity contribution is 6.39. The van der Waals surface area contributed by atoms with Gasteiger partial charge in [0.25, 0.3) is 0 Å². The Balaban J connectivity index is 1.49. The van der Waals surface area contributed by atoms with Gasteiger partial charge in [0.05, 0.1) is 16.7 Å². The van der Waals surface area contributed by atoms with Crippen molar-refractivity contribution in [2.45, 2.75) is 31.5 Å². The van der Waals surface area contributed by atoms with E-state index in [-0.39, 0.29) is 12.1 Å². The first kappa shape index (κ1) is 21.2. The zero-order valence-electron chi connectivity index (χ0n) is 16.5. The SMILES string of the molecule is CC1(C)OCC(COc2ccc(-c3c(Cl)cc(C4(N)N=C(N)NN4)cc3Cl)cc2)O1. The lowest BCUT2D eigenvalue weighted by Gasteiger charge is -2.22. The van der Waals surface area contributed by atoms with Gasteiger partial charge in [-0.25, -0.2) is 4.99 Å². The van der Waals surface area contributed by atoms with Gasteiger partial charge in [0.1, 0.15) is 18.5 Å². The lowest BCUT2D eigenvalue weighted by Crippen LogP contribution is -2.50. The first-order valence-electron chi connectivity index (χ1n) is 9.37. The summed E-state index contributed by atoms with van der Waals surface area (Å²) in [6.07, 6.45) is -0.102. The third kappa shape index (κ3) is 4.34. The fourth-order valence-electron chi connectivity index (χ4n) is 3.36. The molecule has 2 unspecified atom stereocenters. The smallest absolute Gasteiger partial charge is 0.209 e. The molecule has 0 aliphatic carbocycles. The number of nitrogens with one attached hydrogen (secondary N) is 2. The Kier molecular flexibility index (Phi) is 5.56. The minimum Gasteiger partial charge on any atom is -0.491 e. The number of hydrogen-bond donors (Lipinski definition) is 4. The van der Waals surface area contributed by atoms with Crippen LogP contribution in [0.25, 0.3) is 11.1 Å². The number of hydrazine groups is 1. The molecule has 4 rings (SSSR count). The molecule has 6 N–H and O–H groups in total. The summed E-state index contributed by atoms with van der Waals surface area (Å²) in [7, 11) is 0. The summed E-state index contributed by atoms with van der Waals surface area (Å²) in [5, 5.41) is 0.884. The van der Waals surface area contributed by atoms with Crippen LogP contribution in [0.5, 0.6) is 5.75 Å². The van der Waals surface area contributed by atoms with Crippen LogP contribution < -0.4 is 27.1 Å². The number of guanidine groups is 1. The molecule has 10 heteroatoms. The summed E-state index contributed by atoms with van der Waals surface area (Å²) < 4.78 is 17.1. The Bertz CT molecular complexity index is 960. The predicted molar refractivity (Wildman–Crippen MR) is 116 cm³/mol. The van der Waals surface area contributed by atoms with Crippen molar-refractivity contribution in [2.75, 3.05) is 13.2 Å². The van der Waals surface area contributed by atoms with Crippen molar-refractivity contribution >= 4 is 29.2 Å². The van der Waals surface area contributed by atoms with Crippen molar-refractivity contribution in [3.05, 3.63) is 52.0 Å². The Hall–Kier alpha value is -2.07. The molecule has 0 bridgehead atoms. The van der Waals surface area contributed by atoms with Gasteiger partial charge in [0.15, 0.2) is 5.79 Å². The molecule has 0 amide bonds. The summed E-state index contributed by atoms with van der Waals surface area (Å²) >= 11 is 13.1. The molecule has 1 fully saturated rings. The van der Waals surface area contributed by atoms with E-state index in [1.165, 1.54) is 0 Å². The molecule has 0 spiro atoms. The molecule has 0 saturated carbocycles. The van der Waals surface area contributed by atoms with E-state index in [0.717, 1.165) is 5.56 Å². The van der Waals surface area contributed by atoms with Gasteiger partial charge in [-0.15, -0.1) is 0 Å². The van der Waals surface area contributed by atoms with Gasteiger partial charge in [-0.05, 0) is 43.7 Å². The molecule has 2 aromatic carbocycles. The first-order valence-corrected chi connectivity index (χ1v) is 10.1. The zero-order valence-corrected chi connectivity index (χ0v) is 18.1. The third-order valence-corrected chi connectivity index (χ3v) is 5.40. The second-order valence-corrected chi connectivity index (χ2v) is 8.43. The molecule has 2 aliphatic heterocycles. The monoisotopic (exact) mass is 451 g/mol. The average Bonchev–Trinajstić information content (AvgIpc) is 3.22. The van der Waals surface area contributed by atoms with Crippen LogP contribution in [-0.2, 0) is 15.3 Å². The molecular weight excluding hydrogens is 429 g/mol. The Morgan fingerprint density at radius 1 is 1.20 bits per heavy atom. The summed E-state index contributed by atoms with van der Waals surface area (Å²) in [5.74, 6) is -0.917. The van der Waals surface area contributed by atoms with Crippen LogP contribution in [0.1, 0.15) is 19.4 Å². The minimum atomic E-state index is -1.24. The van der Waals surface area contributed by atoms with Crippen molar-refractivity contribution in [1.29, 1.82) is 0 Å².